The molecule has 1 aliphatic rings. The molecule has 2 atom stereocenters. The Morgan fingerprint density at radius 3 is 2.29 bits per heavy atom. The van der Waals surface area contributed by atoms with E-state index in [0.29, 0.717) is 5.25 Å². The second-order valence-electron chi connectivity index (χ2n) is 6.23. The van der Waals surface area contributed by atoms with Crippen LogP contribution in [0.15, 0.2) is 0 Å². The van der Waals surface area contributed by atoms with E-state index in [2.05, 4.69) is 5.32 Å². The van der Waals surface area contributed by atoms with E-state index >= 15 is 0 Å². The Morgan fingerprint density at radius 1 is 1.17 bits per heavy atom. The molecular formula is C16H27NO6S. The van der Waals surface area contributed by atoms with Gasteiger partial charge in [0.2, 0.25) is 0 Å². The highest BCUT2D eigenvalue weighted by molar-refractivity contribution is 8.01. The van der Waals surface area contributed by atoms with Crippen molar-refractivity contribution in [1.82, 2.24) is 5.32 Å². The third kappa shape index (κ3) is 7.90. The van der Waals surface area contributed by atoms with Crippen LogP contribution in [0.25, 0.3) is 0 Å². The van der Waals surface area contributed by atoms with E-state index in [1.54, 1.807) is 13.8 Å². The number of amides is 1. The molecule has 0 heterocycles. The molecule has 1 amide bonds. The lowest BCUT2D eigenvalue weighted by Gasteiger charge is -2.25. The second kappa shape index (κ2) is 10.4. The molecule has 24 heavy (non-hydrogen) atoms. The van der Waals surface area contributed by atoms with E-state index in [4.69, 9.17) is 9.47 Å². The summed E-state index contributed by atoms with van der Waals surface area (Å²) in [6.45, 7) is 4.71. The van der Waals surface area contributed by atoms with Crippen molar-refractivity contribution < 1.29 is 29.0 Å². The monoisotopic (exact) mass is 361 g/mol. The highest BCUT2D eigenvalue weighted by atomic mass is 32.2. The van der Waals surface area contributed by atoms with Gasteiger partial charge >= 0.3 is 18.0 Å². The molecule has 7 nitrogen and oxygen atoms in total. The largest absolute Gasteiger partial charge is 0.480 e. The maximum absolute atomic E-state index is 11.8. The standard InChI is InChI=1S/C16H27NO6S/c1-10(2)15(22-11(3)18)23-16(21)17-9-13(14(19)20)24-12-7-5-4-6-8-12/h10,12-13,15H,4-9H2,1-3H3,(H,17,21)(H,19,20)/t13-,15-/m0/s1. The minimum absolute atomic E-state index is 0.0276. The van der Waals surface area contributed by atoms with Crippen LogP contribution in [0.3, 0.4) is 0 Å². The van der Waals surface area contributed by atoms with Crippen LogP contribution in [0.1, 0.15) is 52.9 Å². The van der Waals surface area contributed by atoms with Crippen molar-refractivity contribution in [3.63, 3.8) is 0 Å². The molecule has 0 spiro atoms. The van der Waals surface area contributed by atoms with Crippen LogP contribution >= 0.6 is 11.8 Å². The number of carbonyl (C=O) groups is 3. The third-order valence-electron chi connectivity index (χ3n) is 3.67. The van der Waals surface area contributed by atoms with Crippen molar-refractivity contribution in [2.45, 2.75) is 69.7 Å². The predicted molar refractivity (Wildman–Crippen MR) is 90.8 cm³/mol. The van der Waals surface area contributed by atoms with Gasteiger partial charge in [0.05, 0.1) is 0 Å². The van der Waals surface area contributed by atoms with E-state index in [1.807, 2.05) is 0 Å². The Labute approximate surface area is 146 Å². The average molecular weight is 361 g/mol. The summed E-state index contributed by atoms with van der Waals surface area (Å²) in [5, 5.41) is 11.4. The van der Waals surface area contributed by atoms with E-state index in [9.17, 15) is 19.5 Å². The predicted octanol–water partition coefficient (Wildman–Crippen LogP) is 2.78. The fourth-order valence-electron chi connectivity index (χ4n) is 2.41. The number of thioether (sulfide) groups is 1. The summed E-state index contributed by atoms with van der Waals surface area (Å²) in [6.07, 6.45) is 3.70. The SMILES string of the molecule is CC(=O)O[C@@H](OC(=O)NC[C@H](SC1CCCCC1)C(=O)O)C(C)C. The minimum atomic E-state index is -0.989. The van der Waals surface area contributed by atoms with Crippen molar-refractivity contribution in [2.75, 3.05) is 6.54 Å². The van der Waals surface area contributed by atoms with Crippen LogP contribution in [0.2, 0.25) is 0 Å². The lowest BCUT2D eigenvalue weighted by molar-refractivity contribution is -0.172. The van der Waals surface area contributed by atoms with Gasteiger partial charge in [-0.3, -0.25) is 9.59 Å². The van der Waals surface area contributed by atoms with Gasteiger partial charge < -0.3 is 19.9 Å². The highest BCUT2D eigenvalue weighted by Crippen LogP contribution is 2.31. The van der Waals surface area contributed by atoms with Crippen LogP contribution in [0, 0.1) is 5.92 Å². The van der Waals surface area contributed by atoms with Gasteiger partial charge in [-0.1, -0.05) is 33.1 Å². The van der Waals surface area contributed by atoms with Crippen LogP contribution < -0.4 is 5.32 Å². The molecule has 8 heteroatoms. The summed E-state index contributed by atoms with van der Waals surface area (Å²) in [5.74, 6) is -1.70. The molecule has 1 aliphatic carbocycles. The van der Waals surface area contributed by atoms with Crippen molar-refractivity contribution in [3.8, 4) is 0 Å². The van der Waals surface area contributed by atoms with Crippen molar-refractivity contribution >= 4 is 29.8 Å². The first-order valence-electron chi connectivity index (χ1n) is 8.29. The fraction of sp³-hybridized carbons (Fsp3) is 0.812. The Morgan fingerprint density at radius 2 is 1.79 bits per heavy atom. The Hall–Kier alpha value is -1.44. The normalized spacial score (nSPS) is 17.8. The average Bonchev–Trinajstić information content (AvgIpc) is 2.51. The van der Waals surface area contributed by atoms with Crippen LogP contribution in [-0.4, -0.2) is 46.5 Å². The Balaban J connectivity index is 2.45. The maximum Gasteiger partial charge on any atom is 0.410 e. The summed E-state index contributed by atoms with van der Waals surface area (Å²) in [7, 11) is 0. The van der Waals surface area contributed by atoms with Gasteiger partial charge in [-0.05, 0) is 12.8 Å². The first-order valence-corrected chi connectivity index (χ1v) is 9.23. The molecule has 0 aliphatic heterocycles. The molecular weight excluding hydrogens is 334 g/mol. The summed E-state index contributed by atoms with van der Waals surface area (Å²) in [4.78, 5) is 34.2. The lowest BCUT2D eigenvalue weighted by Crippen LogP contribution is -2.39. The molecule has 0 saturated heterocycles. The number of esters is 1. The number of alkyl carbamates (subject to hydrolysis) is 1. The zero-order valence-electron chi connectivity index (χ0n) is 14.4. The van der Waals surface area contributed by atoms with Crippen LogP contribution in [0.4, 0.5) is 4.79 Å². The van der Waals surface area contributed by atoms with Gasteiger partial charge in [0.15, 0.2) is 0 Å². The molecule has 1 saturated carbocycles. The topological polar surface area (TPSA) is 102 Å². The van der Waals surface area contributed by atoms with Crippen molar-refractivity contribution in [3.05, 3.63) is 0 Å². The van der Waals surface area contributed by atoms with Crippen LogP contribution in [-0.2, 0) is 19.1 Å². The smallest absolute Gasteiger partial charge is 0.410 e. The first kappa shape index (κ1) is 20.6. The number of carboxylic acid groups (broad SMARTS) is 1. The van der Waals surface area contributed by atoms with Crippen molar-refractivity contribution in [1.29, 1.82) is 0 Å². The summed E-state index contributed by atoms with van der Waals surface area (Å²) >= 11 is 1.40. The van der Waals surface area contributed by atoms with Gasteiger partial charge in [0.1, 0.15) is 5.25 Å². The van der Waals surface area contributed by atoms with Gasteiger partial charge in [0, 0.05) is 24.6 Å². The molecule has 0 aromatic carbocycles. The first-order chi connectivity index (χ1) is 11.3. The molecule has 0 radical (unpaired) electrons. The third-order valence-corrected chi connectivity index (χ3v) is 5.22. The molecule has 138 valence electrons. The molecule has 0 aromatic rings. The van der Waals surface area contributed by atoms with Gasteiger partial charge in [-0.2, -0.15) is 0 Å². The number of nitrogens with one attached hydrogen (secondary N) is 1. The summed E-state index contributed by atoms with van der Waals surface area (Å²) in [5.41, 5.74) is 0. The number of carbonyl (C=O) groups excluding carboxylic acids is 2. The summed E-state index contributed by atoms with van der Waals surface area (Å²) in [6, 6.07) is 0. The zero-order valence-corrected chi connectivity index (χ0v) is 15.3. The molecule has 0 unspecified atom stereocenters. The number of aliphatic carboxylic acids is 1. The van der Waals surface area contributed by atoms with E-state index < -0.39 is 29.6 Å². The summed E-state index contributed by atoms with van der Waals surface area (Å²) < 4.78 is 9.96. The number of rotatable bonds is 8. The quantitative estimate of drug-likeness (QED) is 0.506. The molecule has 1 rings (SSSR count). The highest BCUT2D eigenvalue weighted by Gasteiger charge is 2.26. The maximum atomic E-state index is 11.8. The Bertz CT molecular complexity index is 436. The van der Waals surface area contributed by atoms with Gasteiger partial charge in [-0.25, -0.2) is 4.79 Å². The zero-order chi connectivity index (χ0) is 18.1. The van der Waals surface area contributed by atoms with Gasteiger partial charge in [0.25, 0.3) is 6.29 Å². The van der Waals surface area contributed by atoms with E-state index in [0.717, 1.165) is 25.7 Å². The molecule has 0 bridgehead atoms. The van der Waals surface area contributed by atoms with Gasteiger partial charge in [-0.15, -0.1) is 11.8 Å². The van der Waals surface area contributed by atoms with Crippen LogP contribution in [0.5, 0.6) is 0 Å². The number of carboxylic acids is 1. The minimum Gasteiger partial charge on any atom is -0.480 e. The Kier molecular flexibility index (Phi) is 8.95. The molecule has 2 N–H and O–H groups in total. The fourth-order valence-corrected chi connectivity index (χ4v) is 3.78. The lowest BCUT2D eigenvalue weighted by atomic mass is 10.0. The van der Waals surface area contributed by atoms with E-state index in [1.165, 1.54) is 25.1 Å². The second-order valence-corrected chi connectivity index (χ2v) is 7.74. The number of hydrogen-bond acceptors (Lipinski definition) is 6. The molecule has 0 aromatic heterocycles. The van der Waals surface area contributed by atoms with Crippen molar-refractivity contribution in [2.24, 2.45) is 5.92 Å². The number of hydrogen-bond donors (Lipinski definition) is 2. The molecule has 1 fully saturated rings. The number of ether oxygens (including phenoxy) is 2. The van der Waals surface area contributed by atoms with E-state index in [-0.39, 0.29) is 12.5 Å².